The van der Waals surface area contributed by atoms with Crippen molar-refractivity contribution in [3.63, 3.8) is 0 Å². The molecule has 1 heterocycles. The molecule has 0 radical (unpaired) electrons. The number of rotatable bonds is 12. The molecule has 5 aliphatic carbocycles. The van der Waals surface area contributed by atoms with Crippen LogP contribution in [0.2, 0.25) is 0 Å². The fourth-order valence-electron chi connectivity index (χ4n) is 10.5. The molecule has 6 aliphatic rings. The van der Waals surface area contributed by atoms with Crippen LogP contribution in [0.1, 0.15) is 105 Å². The van der Waals surface area contributed by atoms with Crippen molar-refractivity contribution >= 4 is 6.03 Å². The van der Waals surface area contributed by atoms with Crippen LogP contribution in [-0.2, 0) is 22.6 Å². The number of hydrogen-bond donors (Lipinski definition) is 3. The van der Waals surface area contributed by atoms with E-state index in [1.807, 2.05) is 18.2 Å². The van der Waals surface area contributed by atoms with Crippen LogP contribution < -0.4 is 10.6 Å². The average Bonchev–Trinajstić information content (AvgIpc) is 3.69. The molecule has 0 aromatic heterocycles. The topological polar surface area (TPSA) is 83.1 Å². The maximum Gasteiger partial charge on any atom is 0.315 e. The molecule has 270 valence electrons. The normalized spacial score (nSPS) is 30.1. The number of amides is 2. The van der Waals surface area contributed by atoms with Gasteiger partial charge in [-0.15, -0.1) is 6.58 Å². The van der Waals surface area contributed by atoms with Crippen LogP contribution in [0.5, 0.6) is 0 Å². The van der Waals surface area contributed by atoms with Crippen LogP contribution >= 0.6 is 0 Å². The number of carbonyl (C=O) groups excluding carboxylic acids is 1. The minimum atomic E-state index is -0.488. The van der Waals surface area contributed by atoms with Crippen molar-refractivity contribution in [1.29, 1.82) is 0 Å². The van der Waals surface area contributed by atoms with Crippen molar-refractivity contribution in [3.05, 3.63) is 108 Å². The first-order valence-corrected chi connectivity index (χ1v) is 19.5. The molecular formula is C44H55N3O4. The third-order valence-electron chi connectivity index (χ3n) is 12.6. The van der Waals surface area contributed by atoms with Gasteiger partial charge in [-0.1, -0.05) is 85.6 Å². The summed E-state index contributed by atoms with van der Waals surface area (Å²) in [6.45, 7) is 6.29. The highest BCUT2D eigenvalue weighted by Crippen LogP contribution is 2.55. The quantitative estimate of drug-likeness (QED) is 0.166. The predicted octanol–water partition coefficient (Wildman–Crippen LogP) is 8.59. The van der Waals surface area contributed by atoms with E-state index in [9.17, 15) is 9.90 Å². The van der Waals surface area contributed by atoms with Gasteiger partial charge in [0.05, 0.1) is 18.8 Å². The van der Waals surface area contributed by atoms with Gasteiger partial charge >= 0.3 is 6.03 Å². The Labute approximate surface area is 303 Å². The van der Waals surface area contributed by atoms with Crippen LogP contribution in [0.3, 0.4) is 0 Å². The lowest BCUT2D eigenvalue weighted by molar-refractivity contribution is -0.253. The van der Waals surface area contributed by atoms with Crippen molar-refractivity contribution < 1.29 is 19.4 Å². The van der Waals surface area contributed by atoms with Gasteiger partial charge in [0.25, 0.3) is 0 Å². The third-order valence-corrected chi connectivity index (χ3v) is 12.6. The lowest BCUT2D eigenvalue weighted by atomic mass is 9.53. The molecule has 1 aliphatic heterocycles. The van der Waals surface area contributed by atoms with Crippen LogP contribution in [0.25, 0.3) is 11.1 Å². The first kappa shape index (κ1) is 34.6. The molecule has 2 amide bonds. The van der Waals surface area contributed by atoms with Gasteiger partial charge in [0, 0.05) is 43.2 Å². The van der Waals surface area contributed by atoms with E-state index in [0.29, 0.717) is 12.6 Å². The Balaban J connectivity index is 0.931. The Morgan fingerprint density at radius 2 is 1.53 bits per heavy atom. The highest BCUT2D eigenvalue weighted by molar-refractivity contribution is 5.75. The molecule has 3 N–H and O–H groups in total. The Hall–Kier alpha value is -3.49. The lowest BCUT2D eigenvalue weighted by Gasteiger charge is -2.56. The zero-order chi connectivity index (χ0) is 34.8. The van der Waals surface area contributed by atoms with Gasteiger partial charge in [-0.3, -0.25) is 4.90 Å². The van der Waals surface area contributed by atoms with E-state index in [4.69, 9.17) is 9.47 Å². The first-order chi connectivity index (χ1) is 24.9. The number of aliphatic hydroxyl groups is 1. The largest absolute Gasteiger partial charge is 0.392 e. The van der Waals surface area contributed by atoms with E-state index in [1.165, 1.54) is 44.9 Å². The average molecular weight is 690 g/mol. The highest BCUT2D eigenvalue weighted by Gasteiger charge is 2.51. The smallest absolute Gasteiger partial charge is 0.315 e. The van der Waals surface area contributed by atoms with E-state index < -0.39 is 6.29 Å². The van der Waals surface area contributed by atoms with Gasteiger partial charge in [0.15, 0.2) is 6.29 Å². The number of aliphatic hydroxyl groups excluding tert-OH is 1. The van der Waals surface area contributed by atoms with E-state index >= 15 is 0 Å². The highest BCUT2D eigenvalue weighted by atomic mass is 16.7. The Bertz CT molecular complexity index is 1610. The molecule has 3 aromatic rings. The van der Waals surface area contributed by atoms with Crippen molar-refractivity contribution in [2.45, 2.75) is 114 Å². The fraction of sp³-hybridized carbons (Fsp3) is 0.523. The SMILES string of the molecule is C=CCN(C[C@@H]1C[C@H](c2ccc(CO)cc2)O[C@H](c2ccc(-c3cccc(CNC(=O)NC45CC6CC(CC(C6)C4)C5)c3)cc2)O1)C1CCCC1. The third kappa shape index (κ3) is 7.97. The van der Waals surface area contributed by atoms with Crippen molar-refractivity contribution in [2.24, 2.45) is 17.8 Å². The molecule has 0 spiro atoms. The van der Waals surface area contributed by atoms with Crippen LogP contribution in [-0.4, -0.2) is 46.8 Å². The van der Waals surface area contributed by atoms with Gasteiger partial charge in [-0.2, -0.15) is 0 Å². The summed E-state index contributed by atoms with van der Waals surface area (Å²) in [5, 5.41) is 16.2. The summed E-state index contributed by atoms with van der Waals surface area (Å²) in [5.41, 5.74) is 6.32. The number of hydrogen-bond acceptors (Lipinski definition) is 5. The van der Waals surface area contributed by atoms with Gasteiger partial charge in [0.2, 0.25) is 0 Å². The summed E-state index contributed by atoms with van der Waals surface area (Å²) in [4.78, 5) is 15.7. The second-order valence-corrected chi connectivity index (χ2v) is 16.4. The standard InChI is InChI=1S/C44H55N3O4/c1-2-18-47(39-8-3-4-9-39)28-40-23-41(36-12-10-30(29-48)11-13-36)51-42(50-40)37-16-14-35(15-17-37)38-7-5-6-31(22-38)27-45-43(49)46-44-24-32-19-33(25-44)21-34(20-32)26-44/h2,5-7,10-17,22,32-34,39-42,48H,1,3-4,8-9,18-21,23-29H2,(H2,45,46,49)/t32?,33?,34?,40-,41+,42+,44?/m0/s1. The maximum atomic E-state index is 13.1. The van der Waals surface area contributed by atoms with Crippen LogP contribution in [0, 0.1) is 17.8 Å². The molecule has 3 atom stereocenters. The second kappa shape index (κ2) is 15.2. The number of ether oxygens (including phenoxy) is 2. The molecule has 3 aromatic carbocycles. The molecule has 7 nitrogen and oxygen atoms in total. The summed E-state index contributed by atoms with van der Waals surface area (Å²) < 4.78 is 13.4. The number of urea groups is 1. The van der Waals surface area contributed by atoms with E-state index in [1.54, 1.807) is 0 Å². The first-order valence-electron chi connectivity index (χ1n) is 19.5. The minimum absolute atomic E-state index is 0.0100. The molecule has 6 fully saturated rings. The minimum Gasteiger partial charge on any atom is -0.392 e. The lowest BCUT2D eigenvalue weighted by Crippen LogP contribution is -2.61. The summed E-state index contributed by atoms with van der Waals surface area (Å²) in [6.07, 6.45) is 14.8. The van der Waals surface area contributed by atoms with Gasteiger partial charge in [0.1, 0.15) is 0 Å². The molecule has 5 saturated carbocycles. The zero-order valence-corrected chi connectivity index (χ0v) is 30.0. The molecule has 0 unspecified atom stereocenters. The Kier molecular flexibility index (Phi) is 10.3. The van der Waals surface area contributed by atoms with Crippen LogP contribution in [0.15, 0.2) is 85.5 Å². The van der Waals surface area contributed by atoms with Crippen LogP contribution in [0.4, 0.5) is 4.79 Å². The number of carbonyl (C=O) groups is 1. The van der Waals surface area contributed by atoms with Gasteiger partial charge in [-0.25, -0.2) is 4.79 Å². The molecular weight excluding hydrogens is 635 g/mol. The maximum absolute atomic E-state index is 13.1. The molecule has 9 rings (SSSR count). The predicted molar refractivity (Wildman–Crippen MR) is 201 cm³/mol. The van der Waals surface area contributed by atoms with E-state index in [0.717, 1.165) is 89.9 Å². The molecule has 4 bridgehead atoms. The Morgan fingerprint density at radius 3 is 2.20 bits per heavy atom. The van der Waals surface area contributed by atoms with Crippen molar-refractivity contribution in [1.82, 2.24) is 15.5 Å². The summed E-state index contributed by atoms with van der Waals surface area (Å²) in [6, 6.07) is 25.6. The van der Waals surface area contributed by atoms with Crippen molar-refractivity contribution in [3.8, 4) is 11.1 Å². The summed E-state index contributed by atoms with van der Waals surface area (Å²) >= 11 is 0. The number of benzene rings is 3. The zero-order valence-electron chi connectivity index (χ0n) is 30.0. The molecule has 1 saturated heterocycles. The fourth-order valence-corrected chi connectivity index (χ4v) is 10.5. The van der Waals surface area contributed by atoms with E-state index in [-0.39, 0.29) is 30.4 Å². The second-order valence-electron chi connectivity index (χ2n) is 16.4. The monoisotopic (exact) mass is 689 g/mol. The van der Waals surface area contributed by atoms with Gasteiger partial charge in [-0.05, 0) is 103 Å². The summed E-state index contributed by atoms with van der Waals surface area (Å²) in [7, 11) is 0. The molecule has 7 heteroatoms. The Morgan fingerprint density at radius 1 is 0.843 bits per heavy atom. The molecule has 51 heavy (non-hydrogen) atoms. The number of nitrogens with one attached hydrogen (secondary N) is 2. The summed E-state index contributed by atoms with van der Waals surface area (Å²) in [5.74, 6) is 2.41. The number of nitrogens with zero attached hydrogens (tertiary/aromatic N) is 1. The van der Waals surface area contributed by atoms with Crippen molar-refractivity contribution in [2.75, 3.05) is 13.1 Å². The van der Waals surface area contributed by atoms with E-state index in [2.05, 4.69) is 82.8 Å². The van der Waals surface area contributed by atoms with Gasteiger partial charge < -0.3 is 25.2 Å².